The number of para-hydroxylation sites is 1. The Bertz CT molecular complexity index is 389. The number of hydrogen-bond acceptors (Lipinski definition) is 1. The molecule has 0 heterocycles. The molecule has 0 spiro atoms. The molecule has 1 aliphatic rings. The highest BCUT2D eigenvalue weighted by atomic mass is 16.5. The van der Waals surface area contributed by atoms with Gasteiger partial charge in [0.15, 0.2) is 0 Å². The molecule has 0 fully saturated rings. The zero-order chi connectivity index (χ0) is 10.7. The van der Waals surface area contributed by atoms with E-state index in [1.165, 1.54) is 5.57 Å². The van der Waals surface area contributed by atoms with Gasteiger partial charge in [0.2, 0.25) is 0 Å². The van der Waals surface area contributed by atoms with Crippen molar-refractivity contribution < 1.29 is 4.74 Å². The number of hydrogen-bond donors (Lipinski definition) is 0. The number of benzene rings is 1. The molecule has 1 aromatic rings. The topological polar surface area (TPSA) is 9.23 Å². The molecule has 0 aliphatic heterocycles. The van der Waals surface area contributed by atoms with Crippen LogP contribution in [0.5, 0.6) is 5.75 Å². The van der Waals surface area contributed by atoms with Gasteiger partial charge in [-0.2, -0.15) is 0 Å². The smallest absolute Gasteiger partial charge is 0.128 e. The van der Waals surface area contributed by atoms with Gasteiger partial charge in [0, 0.05) is 6.42 Å². The Labute approximate surface area is 91.1 Å². The van der Waals surface area contributed by atoms with E-state index in [0.717, 1.165) is 12.2 Å². The summed E-state index contributed by atoms with van der Waals surface area (Å²) < 4.78 is 5.99. The maximum Gasteiger partial charge on any atom is 0.128 e. The van der Waals surface area contributed by atoms with Crippen molar-refractivity contribution in [1.82, 2.24) is 0 Å². The van der Waals surface area contributed by atoms with Gasteiger partial charge in [-0.25, -0.2) is 0 Å². The van der Waals surface area contributed by atoms with E-state index in [1.807, 2.05) is 30.3 Å². The molecule has 1 aromatic carbocycles. The summed E-state index contributed by atoms with van der Waals surface area (Å²) in [7, 11) is 0. The van der Waals surface area contributed by atoms with Crippen LogP contribution in [0.3, 0.4) is 0 Å². The highest BCUT2D eigenvalue weighted by Gasteiger charge is 2.24. The molecule has 0 radical (unpaired) electrons. The zero-order valence-electron chi connectivity index (χ0n) is 9.23. The van der Waals surface area contributed by atoms with Crippen LogP contribution in [-0.2, 0) is 0 Å². The van der Waals surface area contributed by atoms with Crippen molar-refractivity contribution in [2.45, 2.75) is 25.9 Å². The molecule has 1 atom stereocenters. The van der Waals surface area contributed by atoms with E-state index in [2.05, 4.69) is 32.1 Å². The van der Waals surface area contributed by atoms with Gasteiger partial charge in [0.05, 0.1) is 0 Å². The van der Waals surface area contributed by atoms with Crippen LogP contribution in [0.15, 0.2) is 54.1 Å². The summed E-state index contributed by atoms with van der Waals surface area (Å²) in [6.07, 6.45) is 7.41. The molecule has 0 amide bonds. The average Bonchev–Trinajstić information content (AvgIpc) is 2.18. The molecular weight excluding hydrogens is 184 g/mol. The van der Waals surface area contributed by atoms with Gasteiger partial charge >= 0.3 is 0 Å². The summed E-state index contributed by atoms with van der Waals surface area (Å²) in [5.74, 6) is 0.930. The van der Waals surface area contributed by atoms with Crippen LogP contribution >= 0.6 is 0 Å². The van der Waals surface area contributed by atoms with Crippen molar-refractivity contribution in [3.63, 3.8) is 0 Å². The van der Waals surface area contributed by atoms with Crippen LogP contribution < -0.4 is 4.74 Å². The second kappa shape index (κ2) is 3.93. The lowest BCUT2D eigenvalue weighted by Gasteiger charge is -2.29. The number of rotatable bonds is 2. The largest absolute Gasteiger partial charge is 0.483 e. The summed E-state index contributed by atoms with van der Waals surface area (Å²) in [6.45, 7) is 4.22. The Morgan fingerprint density at radius 1 is 1.20 bits per heavy atom. The number of ether oxygens (including phenoxy) is 1. The molecule has 0 saturated heterocycles. The van der Waals surface area contributed by atoms with Crippen molar-refractivity contribution in [2.75, 3.05) is 0 Å². The van der Waals surface area contributed by atoms with Crippen LogP contribution in [0.2, 0.25) is 0 Å². The third-order valence-corrected chi connectivity index (χ3v) is 2.53. The van der Waals surface area contributed by atoms with Gasteiger partial charge in [0.25, 0.3) is 0 Å². The van der Waals surface area contributed by atoms with E-state index in [4.69, 9.17) is 4.74 Å². The lowest BCUT2D eigenvalue weighted by atomic mass is 9.94. The van der Waals surface area contributed by atoms with Gasteiger partial charge in [-0.05, 0) is 32.1 Å². The van der Waals surface area contributed by atoms with Crippen LogP contribution in [0.1, 0.15) is 20.3 Å². The SMILES string of the molecule is CC1=CC(C)(Oc2ccccc2)CC=C1. The second-order valence-corrected chi connectivity index (χ2v) is 4.22. The fourth-order valence-corrected chi connectivity index (χ4v) is 1.90. The Kier molecular flexibility index (Phi) is 2.63. The normalized spacial score (nSPS) is 24.8. The average molecular weight is 200 g/mol. The van der Waals surface area contributed by atoms with Crippen molar-refractivity contribution in [2.24, 2.45) is 0 Å². The van der Waals surface area contributed by atoms with Crippen LogP contribution in [0.4, 0.5) is 0 Å². The Morgan fingerprint density at radius 2 is 1.93 bits per heavy atom. The zero-order valence-corrected chi connectivity index (χ0v) is 9.23. The van der Waals surface area contributed by atoms with E-state index >= 15 is 0 Å². The predicted molar refractivity (Wildman–Crippen MR) is 63.0 cm³/mol. The van der Waals surface area contributed by atoms with Gasteiger partial charge in [-0.15, -0.1) is 0 Å². The van der Waals surface area contributed by atoms with Crippen molar-refractivity contribution >= 4 is 0 Å². The fourth-order valence-electron chi connectivity index (χ4n) is 1.90. The minimum absolute atomic E-state index is 0.194. The molecule has 1 nitrogen and oxygen atoms in total. The Hall–Kier alpha value is -1.50. The van der Waals surface area contributed by atoms with E-state index in [-0.39, 0.29) is 5.60 Å². The molecule has 1 heteroatoms. The molecule has 0 bridgehead atoms. The molecule has 0 N–H and O–H groups in total. The minimum atomic E-state index is -0.194. The van der Waals surface area contributed by atoms with Crippen LogP contribution in [-0.4, -0.2) is 5.60 Å². The van der Waals surface area contributed by atoms with E-state index in [0.29, 0.717) is 0 Å². The minimum Gasteiger partial charge on any atom is -0.483 e. The second-order valence-electron chi connectivity index (χ2n) is 4.22. The van der Waals surface area contributed by atoms with Gasteiger partial charge in [-0.1, -0.05) is 35.9 Å². The number of allylic oxidation sites excluding steroid dienone is 2. The molecule has 1 aliphatic carbocycles. The molecule has 0 aromatic heterocycles. The predicted octanol–water partition coefficient (Wildman–Crippen LogP) is 3.73. The first-order chi connectivity index (χ1) is 7.18. The first kappa shape index (κ1) is 10.0. The Balaban J connectivity index is 2.16. The van der Waals surface area contributed by atoms with E-state index < -0.39 is 0 Å². The molecule has 0 saturated carbocycles. The summed E-state index contributed by atoms with van der Waals surface area (Å²) in [4.78, 5) is 0. The quantitative estimate of drug-likeness (QED) is 0.706. The molecular formula is C14H16O. The molecule has 78 valence electrons. The molecule has 1 unspecified atom stereocenters. The van der Waals surface area contributed by atoms with Crippen molar-refractivity contribution in [3.8, 4) is 5.75 Å². The maximum absolute atomic E-state index is 5.99. The first-order valence-corrected chi connectivity index (χ1v) is 5.28. The monoisotopic (exact) mass is 200 g/mol. The maximum atomic E-state index is 5.99. The van der Waals surface area contributed by atoms with Crippen molar-refractivity contribution in [3.05, 3.63) is 54.1 Å². The van der Waals surface area contributed by atoms with Gasteiger partial charge < -0.3 is 4.74 Å². The summed E-state index contributed by atoms with van der Waals surface area (Å²) >= 11 is 0. The molecule has 2 rings (SSSR count). The van der Waals surface area contributed by atoms with Crippen LogP contribution in [0, 0.1) is 0 Å². The fraction of sp³-hybridized carbons (Fsp3) is 0.286. The first-order valence-electron chi connectivity index (χ1n) is 5.28. The lowest BCUT2D eigenvalue weighted by Crippen LogP contribution is -2.30. The highest BCUT2D eigenvalue weighted by Crippen LogP contribution is 2.27. The van der Waals surface area contributed by atoms with E-state index in [1.54, 1.807) is 0 Å². The summed E-state index contributed by atoms with van der Waals surface area (Å²) in [5.41, 5.74) is 1.07. The standard InChI is InChI=1S/C14H16O/c1-12-7-6-10-14(2,11-12)15-13-8-4-3-5-9-13/h3-9,11H,10H2,1-2H3. The van der Waals surface area contributed by atoms with Crippen LogP contribution in [0.25, 0.3) is 0 Å². The highest BCUT2D eigenvalue weighted by molar-refractivity contribution is 5.29. The van der Waals surface area contributed by atoms with Gasteiger partial charge in [0.1, 0.15) is 11.4 Å². The third kappa shape index (κ3) is 2.50. The Morgan fingerprint density at radius 3 is 2.60 bits per heavy atom. The van der Waals surface area contributed by atoms with Crippen molar-refractivity contribution in [1.29, 1.82) is 0 Å². The molecule has 15 heavy (non-hydrogen) atoms. The third-order valence-electron chi connectivity index (χ3n) is 2.53. The van der Waals surface area contributed by atoms with Gasteiger partial charge in [-0.3, -0.25) is 0 Å². The lowest BCUT2D eigenvalue weighted by molar-refractivity contribution is 0.142. The summed E-state index contributed by atoms with van der Waals surface area (Å²) in [6, 6.07) is 9.97. The summed E-state index contributed by atoms with van der Waals surface area (Å²) in [5, 5.41) is 0. The van der Waals surface area contributed by atoms with E-state index in [9.17, 15) is 0 Å².